The molecule has 1 N–H and O–H groups in total. The Hall–Kier alpha value is -3.51. The molecule has 1 heterocycles. The van der Waals surface area contributed by atoms with E-state index in [1.54, 1.807) is 6.92 Å². The maximum atomic E-state index is 11.3. The minimum Gasteiger partial charge on any atom is -0.480 e. The summed E-state index contributed by atoms with van der Waals surface area (Å²) in [4.78, 5) is 20.2. The number of aromatic nitrogens is 1. The van der Waals surface area contributed by atoms with E-state index in [-0.39, 0.29) is 0 Å². The Morgan fingerprint density at radius 3 is 2.45 bits per heavy atom. The molecular weight excluding hydrogens is 408 g/mol. The zero-order chi connectivity index (χ0) is 21.6. The van der Waals surface area contributed by atoms with Crippen molar-refractivity contribution >= 4 is 33.2 Å². The number of aryl methyl sites for hydroxylation is 1. The molecule has 1 aromatic heterocycles. The molecule has 0 fully saturated rings. The van der Waals surface area contributed by atoms with Crippen molar-refractivity contribution < 1.29 is 14.6 Å². The van der Waals surface area contributed by atoms with E-state index in [4.69, 9.17) is 4.74 Å². The fourth-order valence-electron chi connectivity index (χ4n) is 3.19. The van der Waals surface area contributed by atoms with Crippen LogP contribution in [0.2, 0.25) is 0 Å². The van der Waals surface area contributed by atoms with Crippen LogP contribution in [0.1, 0.15) is 24.5 Å². The molecule has 0 saturated heterocycles. The fourth-order valence-corrected chi connectivity index (χ4v) is 4.02. The number of rotatable bonds is 8. The minimum absolute atomic E-state index is 0.620. The van der Waals surface area contributed by atoms with Crippen LogP contribution >= 0.6 is 11.3 Å². The van der Waals surface area contributed by atoms with Crippen LogP contribution in [0.25, 0.3) is 10.2 Å². The molecule has 1 atom stereocenters. The summed E-state index contributed by atoms with van der Waals surface area (Å²) in [5.74, 6) is -0.191. The average molecular weight is 431 g/mol. The molecular formula is C25H22N2O3S. The number of thiazole rings is 1. The molecule has 3 aromatic carbocycles. The van der Waals surface area contributed by atoms with Gasteiger partial charge in [-0.1, -0.05) is 65.9 Å². The van der Waals surface area contributed by atoms with Crippen LogP contribution in [0.5, 0.6) is 10.9 Å². The van der Waals surface area contributed by atoms with Crippen LogP contribution in [-0.4, -0.2) is 27.8 Å². The van der Waals surface area contributed by atoms with E-state index in [1.165, 1.54) is 11.3 Å². The van der Waals surface area contributed by atoms with E-state index in [0.29, 0.717) is 11.6 Å². The monoisotopic (exact) mass is 430 g/mol. The number of carbonyl (C=O) groups is 1. The highest BCUT2D eigenvalue weighted by molar-refractivity contribution is 7.20. The van der Waals surface area contributed by atoms with Crippen molar-refractivity contribution in [1.29, 1.82) is 0 Å². The number of hydrogen-bond donors (Lipinski definition) is 1. The summed E-state index contributed by atoms with van der Waals surface area (Å²) in [5, 5.41) is 9.86. The highest BCUT2D eigenvalue weighted by Gasteiger charge is 2.12. The molecule has 0 amide bonds. The Balaban J connectivity index is 1.44. The van der Waals surface area contributed by atoms with Crippen LogP contribution in [0, 0.1) is 0 Å². The summed E-state index contributed by atoms with van der Waals surface area (Å²) in [6, 6.07) is 24.8. The lowest BCUT2D eigenvalue weighted by Gasteiger charge is -2.10. The first-order valence-corrected chi connectivity index (χ1v) is 10.9. The van der Waals surface area contributed by atoms with Gasteiger partial charge in [-0.05, 0) is 55.2 Å². The van der Waals surface area contributed by atoms with Crippen LogP contribution in [0.15, 0.2) is 83.9 Å². The standard InChI is InChI=1S/C25H22N2O3S/c1-17(24(28)29)26-21(19-7-3-2-4-8-19)16-13-18-11-14-20(15-12-18)30-25-27-22-9-5-6-10-23(22)31-25/h2-12,14-15,17H,13,16H2,1H3,(H,28,29). The van der Waals surface area contributed by atoms with Crippen molar-refractivity contribution in [3.8, 4) is 10.9 Å². The topological polar surface area (TPSA) is 71.8 Å². The Labute approximate surface area is 184 Å². The second-order valence-corrected chi connectivity index (χ2v) is 8.14. The summed E-state index contributed by atoms with van der Waals surface area (Å²) in [6.45, 7) is 1.60. The largest absolute Gasteiger partial charge is 0.480 e. The van der Waals surface area contributed by atoms with Gasteiger partial charge in [-0.15, -0.1) is 0 Å². The summed E-state index contributed by atoms with van der Waals surface area (Å²) in [7, 11) is 0. The van der Waals surface area contributed by atoms with Gasteiger partial charge in [0, 0.05) is 5.71 Å². The van der Waals surface area contributed by atoms with Crippen molar-refractivity contribution in [2.75, 3.05) is 0 Å². The number of para-hydroxylation sites is 1. The third kappa shape index (κ3) is 5.35. The third-order valence-corrected chi connectivity index (χ3v) is 5.78. The SMILES string of the molecule is CC(N=C(CCc1ccc(Oc2nc3ccccc3s2)cc1)c1ccccc1)C(=O)O. The zero-order valence-corrected chi connectivity index (χ0v) is 17.9. The lowest BCUT2D eigenvalue weighted by atomic mass is 10.0. The molecule has 0 radical (unpaired) electrons. The molecule has 31 heavy (non-hydrogen) atoms. The predicted octanol–water partition coefficient (Wildman–Crippen LogP) is 5.98. The van der Waals surface area contributed by atoms with E-state index >= 15 is 0 Å². The van der Waals surface area contributed by atoms with Crippen LogP contribution in [0.3, 0.4) is 0 Å². The van der Waals surface area contributed by atoms with Gasteiger partial charge in [-0.2, -0.15) is 0 Å². The van der Waals surface area contributed by atoms with Gasteiger partial charge in [-0.25, -0.2) is 9.78 Å². The zero-order valence-electron chi connectivity index (χ0n) is 17.1. The Kier molecular flexibility index (Phi) is 6.38. The molecule has 0 spiro atoms. The van der Waals surface area contributed by atoms with Crippen molar-refractivity contribution in [2.45, 2.75) is 25.8 Å². The van der Waals surface area contributed by atoms with Gasteiger partial charge in [0.2, 0.25) is 0 Å². The van der Waals surface area contributed by atoms with Gasteiger partial charge in [-0.3, -0.25) is 4.99 Å². The van der Waals surface area contributed by atoms with Gasteiger partial charge < -0.3 is 9.84 Å². The quantitative estimate of drug-likeness (QED) is 0.349. The number of nitrogens with zero attached hydrogens (tertiary/aromatic N) is 2. The molecule has 1 unspecified atom stereocenters. The predicted molar refractivity (Wildman–Crippen MR) is 125 cm³/mol. The van der Waals surface area contributed by atoms with E-state index in [2.05, 4.69) is 9.98 Å². The number of aliphatic imine (C=N–C) groups is 1. The first-order valence-electron chi connectivity index (χ1n) is 10.1. The van der Waals surface area contributed by atoms with E-state index in [0.717, 1.165) is 39.2 Å². The molecule has 4 aromatic rings. The summed E-state index contributed by atoms with van der Waals surface area (Å²) >= 11 is 1.52. The molecule has 0 saturated carbocycles. The number of carboxylic acid groups (broad SMARTS) is 1. The van der Waals surface area contributed by atoms with E-state index < -0.39 is 12.0 Å². The lowest BCUT2D eigenvalue weighted by molar-refractivity contribution is -0.137. The highest BCUT2D eigenvalue weighted by Crippen LogP contribution is 2.31. The van der Waals surface area contributed by atoms with Crippen molar-refractivity contribution in [1.82, 2.24) is 4.98 Å². The maximum Gasteiger partial charge on any atom is 0.328 e. The second kappa shape index (κ2) is 9.53. The molecule has 6 heteroatoms. The van der Waals surface area contributed by atoms with Gasteiger partial charge in [0.15, 0.2) is 0 Å². The number of benzene rings is 3. The van der Waals surface area contributed by atoms with Gasteiger partial charge >= 0.3 is 5.97 Å². The van der Waals surface area contributed by atoms with Gasteiger partial charge in [0.05, 0.1) is 10.2 Å². The molecule has 4 rings (SSSR count). The first-order chi connectivity index (χ1) is 15.1. The minimum atomic E-state index is -0.926. The molecule has 5 nitrogen and oxygen atoms in total. The average Bonchev–Trinajstić information content (AvgIpc) is 3.20. The molecule has 0 aliphatic rings. The normalized spacial score (nSPS) is 12.6. The summed E-state index contributed by atoms with van der Waals surface area (Å²) in [6.07, 6.45) is 1.40. The number of carboxylic acids is 1. The maximum absolute atomic E-state index is 11.3. The smallest absolute Gasteiger partial charge is 0.328 e. The Morgan fingerprint density at radius 1 is 1.03 bits per heavy atom. The summed E-state index contributed by atoms with van der Waals surface area (Å²) in [5.41, 5.74) is 3.81. The number of fused-ring (bicyclic) bond motifs is 1. The van der Waals surface area contributed by atoms with E-state index in [9.17, 15) is 9.90 Å². The Bertz CT molecular complexity index is 1170. The van der Waals surface area contributed by atoms with Crippen molar-refractivity contribution in [3.63, 3.8) is 0 Å². The number of hydrogen-bond acceptors (Lipinski definition) is 5. The van der Waals surface area contributed by atoms with Gasteiger partial charge in [0.25, 0.3) is 5.19 Å². The van der Waals surface area contributed by atoms with Crippen LogP contribution in [0.4, 0.5) is 0 Å². The lowest BCUT2D eigenvalue weighted by Crippen LogP contribution is -2.17. The third-order valence-electron chi connectivity index (χ3n) is 4.87. The van der Waals surface area contributed by atoms with Crippen LogP contribution < -0.4 is 4.74 Å². The first kappa shape index (κ1) is 20.8. The van der Waals surface area contributed by atoms with Crippen molar-refractivity contribution in [3.05, 3.63) is 90.0 Å². The second-order valence-electron chi connectivity index (χ2n) is 7.15. The van der Waals surface area contributed by atoms with Crippen LogP contribution in [-0.2, 0) is 11.2 Å². The molecule has 0 aliphatic carbocycles. The van der Waals surface area contributed by atoms with Crippen molar-refractivity contribution in [2.24, 2.45) is 4.99 Å². The highest BCUT2D eigenvalue weighted by atomic mass is 32.1. The van der Waals surface area contributed by atoms with E-state index in [1.807, 2.05) is 78.9 Å². The summed E-state index contributed by atoms with van der Waals surface area (Å²) < 4.78 is 7.01. The fraction of sp³-hybridized carbons (Fsp3) is 0.160. The number of ether oxygens (including phenoxy) is 1. The number of aliphatic carboxylic acids is 1. The van der Waals surface area contributed by atoms with Gasteiger partial charge in [0.1, 0.15) is 11.8 Å². The Morgan fingerprint density at radius 2 is 1.74 bits per heavy atom. The molecule has 0 aliphatic heterocycles. The molecule has 0 bridgehead atoms. The molecule has 156 valence electrons.